The minimum absolute atomic E-state index is 0.0367. The van der Waals surface area contributed by atoms with Crippen LogP contribution < -0.4 is 0 Å². The van der Waals surface area contributed by atoms with Gasteiger partial charge in [0.25, 0.3) is 0 Å². The monoisotopic (exact) mass is 1060 g/mol. The molecular weight excluding hydrogens is 948 g/mol. The topological polar surface area (TPSA) is 135 Å². The molecule has 0 heterocycles. The number of ketones is 2. The summed E-state index contributed by atoms with van der Waals surface area (Å²) in [7, 11) is -2.95. The molecule has 2 aliphatic rings. The summed E-state index contributed by atoms with van der Waals surface area (Å²) >= 11 is 0. The van der Waals surface area contributed by atoms with Crippen molar-refractivity contribution in [3.05, 3.63) is 60.4 Å². The normalized spacial score (nSPS) is 19.7. The number of hydrogen-bond acceptors (Lipinski definition) is 10. The second kappa shape index (κ2) is 37.0. The molecule has 419 valence electrons. The van der Waals surface area contributed by atoms with Gasteiger partial charge in [-0.05, 0) is 145 Å². The van der Waals surface area contributed by atoms with Crippen LogP contribution in [0.5, 0.6) is 0 Å². The third-order valence-corrected chi connectivity index (χ3v) is 23.4. The molecule has 0 bridgehead atoms. The Bertz CT molecular complexity index is 1720. The van der Waals surface area contributed by atoms with Gasteiger partial charge < -0.3 is 28.0 Å². The Balaban J connectivity index is 0.00000116. The zero-order valence-corrected chi connectivity index (χ0v) is 51.7. The van der Waals surface area contributed by atoms with Crippen molar-refractivity contribution in [3.8, 4) is 0 Å². The number of rotatable bonds is 31. The Hall–Kier alpha value is -2.84. The minimum atomic E-state index is -1.87. The van der Waals surface area contributed by atoms with Gasteiger partial charge in [0.05, 0.1) is 30.7 Å². The van der Waals surface area contributed by atoms with Crippen molar-refractivity contribution in [1.82, 2.24) is 0 Å². The highest BCUT2D eigenvalue weighted by atomic mass is 28.4. The Morgan fingerprint density at radius 2 is 1.19 bits per heavy atom. The molecule has 10 nitrogen and oxygen atoms in total. The molecule has 73 heavy (non-hydrogen) atoms. The number of ether oxygens (including phenoxy) is 2. The van der Waals surface area contributed by atoms with Crippen LogP contribution in [0.3, 0.4) is 0 Å². The Kier molecular flexibility index (Phi) is 35.6. The van der Waals surface area contributed by atoms with Crippen molar-refractivity contribution in [2.24, 2.45) is 23.7 Å². The van der Waals surface area contributed by atoms with Crippen molar-refractivity contribution < 1.29 is 47.2 Å². The summed E-state index contributed by atoms with van der Waals surface area (Å²) in [5, 5.41) is 8.91. The van der Waals surface area contributed by atoms with Crippen LogP contribution >= 0.6 is 0 Å². The van der Waals surface area contributed by atoms with Gasteiger partial charge in [0.2, 0.25) is 0 Å². The molecular formula is C60H108BO10Si2. The Morgan fingerprint density at radius 1 is 0.712 bits per heavy atom. The predicted octanol–water partition coefficient (Wildman–Crippen LogP) is 16.0. The highest BCUT2D eigenvalue weighted by Gasteiger charge is 2.41. The first-order valence-corrected chi connectivity index (χ1v) is 34.1. The van der Waals surface area contributed by atoms with E-state index in [9.17, 15) is 19.2 Å². The second-order valence-electron chi connectivity index (χ2n) is 24.2. The number of hydrogen-bond donors (Lipinski definition) is 1. The third-order valence-electron chi connectivity index (χ3n) is 14.4. The highest BCUT2D eigenvalue weighted by Crippen LogP contribution is 2.41. The van der Waals surface area contributed by atoms with E-state index in [2.05, 4.69) is 126 Å². The van der Waals surface area contributed by atoms with Crippen molar-refractivity contribution in [1.29, 1.82) is 0 Å². The van der Waals surface area contributed by atoms with Crippen molar-refractivity contribution in [3.63, 3.8) is 0 Å². The molecule has 6 atom stereocenters. The lowest BCUT2D eigenvalue weighted by Gasteiger charge is -2.39. The van der Waals surface area contributed by atoms with E-state index in [1.807, 2.05) is 45.9 Å². The first-order valence-electron chi connectivity index (χ1n) is 28.3. The van der Waals surface area contributed by atoms with Gasteiger partial charge in [-0.15, -0.1) is 0 Å². The minimum Gasteiger partial charge on any atom is -0.543 e. The molecule has 0 aromatic heterocycles. The number of Topliss-reactive ketones (excluding diaryl/α,β-unsaturated/α-hetero) is 2. The maximum Gasteiger partial charge on any atom is 0.568 e. The lowest BCUT2D eigenvalue weighted by molar-refractivity contribution is -0.148. The summed E-state index contributed by atoms with van der Waals surface area (Å²) in [6.07, 6.45) is 34.7. The summed E-state index contributed by atoms with van der Waals surface area (Å²) in [6, 6.07) is 0. The number of allylic oxidation sites excluding steroid dienone is 7. The van der Waals surface area contributed by atoms with E-state index in [0.29, 0.717) is 51.0 Å². The van der Waals surface area contributed by atoms with Crippen LogP contribution in [0.2, 0.25) is 36.3 Å². The molecule has 1 saturated carbocycles. The average molecular weight is 1060 g/mol. The molecule has 2 aliphatic carbocycles. The highest BCUT2D eigenvalue weighted by molar-refractivity contribution is 6.74. The summed E-state index contributed by atoms with van der Waals surface area (Å²) < 4.78 is 28.1. The first kappa shape index (κ1) is 70.2. The zero-order chi connectivity index (χ0) is 55.8. The quantitative estimate of drug-likeness (QED) is 0.0235. The maximum absolute atomic E-state index is 12.8. The molecule has 1 fully saturated rings. The van der Waals surface area contributed by atoms with Crippen molar-refractivity contribution in [2.45, 2.75) is 273 Å². The number of carbonyl (C=O) groups excluding carboxylic acids is 4. The lowest BCUT2D eigenvalue weighted by Crippen LogP contribution is -2.43. The fraction of sp³-hybridized carbons (Fsp3) is 0.767. The largest absolute Gasteiger partial charge is 0.568 e. The van der Waals surface area contributed by atoms with Crippen LogP contribution in [0, 0.1) is 23.7 Å². The molecule has 0 aliphatic heterocycles. The van der Waals surface area contributed by atoms with Crippen LogP contribution in [0.15, 0.2) is 60.4 Å². The van der Waals surface area contributed by atoms with Gasteiger partial charge in [0.15, 0.2) is 22.4 Å². The second-order valence-corrected chi connectivity index (χ2v) is 33.7. The molecule has 0 aromatic carbocycles. The van der Waals surface area contributed by atoms with Gasteiger partial charge in [0.1, 0.15) is 5.78 Å². The molecule has 0 spiro atoms. The lowest BCUT2D eigenvalue weighted by atomic mass is 9.87. The molecule has 0 unspecified atom stereocenters. The van der Waals surface area contributed by atoms with Gasteiger partial charge in [0, 0.05) is 31.6 Å². The van der Waals surface area contributed by atoms with Crippen LogP contribution in [0.4, 0.5) is 0 Å². The van der Waals surface area contributed by atoms with E-state index in [-0.39, 0.29) is 64.1 Å². The number of esters is 2. The SMILES string of the molecule is CC(C)OC(=O)CCC/C=C\CC1=C[C@H](C)CC1=O.CCCCC[C@@H](/C=C/O[B]O)O[Si](C)(C)C(C)(C)C.CCCCC[C@@H](/C=C/[C@H]1[C@H](C)CC(=O)[C@@H]1C/C=C\CCCC(=O)OC(C)C)O[Si](C)(C)C(C)(C)C. The van der Waals surface area contributed by atoms with Gasteiger partial charge in [-0.1, -0.05) is 150 Å². The smallest absolute Gasteiger partial charge is 0.543 e. The van der Waals surface area contributed by atoms with E-state index >= 15 is 0 Å². The summed E-state index contributed by atoms with van der Waals surface area (Å²) in [4.78, 5) is 47.2. The average Bonchev–Trinajstić information content (AvgIpc) is 3.74. The van der Waals surface area contributed by atoms with E-state index in [1.54, 1.807) is 0 Å². The number of carbonyl (C=O) groups is 4. The maximum atomic E-state index is 12.8. The van der Waals surface area contributed by atoms with Crippen molar-refractivity contribution >= 4 is 47.8 Å². The molecule has 13 heteroatoms. The fourth-order valence-electron chi connectivity index (χ4n) is 8.10. The predicted molar refractivity (Wildman–Crippen MR) is 310 cm³/mol. The van der Waals surface area contributed by atoms with E-state index in [4.69, 9.17) is 28.0 Å². The third kappa shape index (κ3) is 31.7. The van der Waals surface area contributed by atoms with Crippen LogP contribution in [0.1, 0.15) is 213 Å². The molecule has 0 amide bonds. The number of unbranched alkanes of at least 4 members (excludes halogenated alkanes) is 6. The van der Waals surface area contributed by atoms with Crippen LogP contribution in [-0.2, 0) is 42.2 Å². The van der Waals surface area contributed by atoms with Crippen LogP contribution in [0.25, 0.3) is 0 Å². The van der Waals surface area contributed by atoms with E-state index < -0.39 is 16.6 Å². The van der Waals surface area contributed by atoms with Gasteiger partial charge >= 0.3 is 19.6 Å². The standard InChI is InChI=1S/C30H54O4Si.C16H24O3.C14H30BO3Si/c1-10-11-14-17-25(34-35(8,9)30(5,6)7)20-21-26-24(4)22-28(31)27(26)18-15-12-13-16-19-29(32)33-23(2)3;1-12(2)19-16(18)9-7-5-4-6-8-14-10-13(3)11-15(14)17;1-7-8-9-10-13(11-12-17-15-16)18-19(5,6)14(2,3)4/h12,15,20-21,23-27H,10-11,13-14,16-19,22H2,1-9H3;4,6,10,12-13H,5,7-9,11H2,1-3H3;11-13,16H,7-10H2,1-6H3/b15-12-,21-20+;6-4-;12-11+/t24-,25+,26+,27-;2*13-/m100/s1. The van der Waals surface area contributed by atoms with Gasteiger partial charge in [-0.3, -0.25) is 19.2 Å². The summed E-state index contributed by atoms with van der Waals surface area (Å²) in [6.45, 7) is 38.9. The van der Waals surface area contributed by atoms with Crippen LogP contribution in [-0.4, -0.2) is 77.3 Å². The Labute approximate surface area is 450 Å². The van der Waals surface area contributed by atoms with E-state index in [0.717, 1.165) is 63.4 Å². The molecule has 1 N–H and O–H groups in total. The van der Waals surface area contributed by atoms with Gasteiger partial charge in [-0.2, -0.15) is 0 Å². The zero-order valence-electron chi connectivity index (χ0n) is 49.7. The molecule has 1 radical (unpaired) electrons. The fourth-order valence-corrected chi connectivity index (χ4v) is 10.7. The molecule has 0 saturated heterocycles. The van der Waals surface area contributed by atoms with Crippen molar-refractivity contribution in [2.75, 3.05) is 0 Å². The Morgan fingerprint density at radius 3 is 1.62 bits per heavy atom. The van der Waals surface area contributed by atoms with E-state index in [1.165, 1.54) is 38.4 Å². The first-order chi connectivity index (χ1) is 34.0. The molecule has 2 rings (SSSR count). The molecule has 0 aromatic rings. The van der Waals surface area contributed by atoms with Gasteiger partial charge in [-0.25, -0.2) is 0 Å². The summed E-state index contributed by atoms with van der Waals surface area (Å²) in [5.74, 6) is 1.46. The summed E-state index contributed by atoms with van der Waals surface area (Å²) in [5.41, 5.74) is 0.933.